The summed E-state index contributed by atoms with van der Waals surface area (Å²) in [6.07, 6.45) is 3.59. The molecule has 0 radical (unpaired) electrons. The first kappa shape index (κ1) is 17.7. The minimum absolute atomic E-state index is 0.0594. The monoisotopic (exact) mass is 333 g/mol. The van der Waals surface area contributed by atoms with Crippen LogP contribution in [0.15, 0.2) is 36.9 Å². The standard InChI is InChI=1S/C17H20FN3O3/c1-11(2)21(12(3)4)17(22)15-7-13(18)5-6-16(15)24-14-8-19-10-20(23)9-14/h5-12H,1-4H3. The van der Waals surface area contributed by atoms with E-state index in [0.29, 0.717) is 4.73 Å². The molecule has 0 aliphatic heterocycles. The van der Waals surface area contributed by atoms with Gasteiger partial charge in [-0.25, -0.2) is 9.12 Å². The number of hydrogen-bond acceptors (Lipinski definition) is 4. The highest BCUT2D eigenvalue weighted by molar-refractivity contribution is 5.97. The van der Waals surface area contributed by atoms with Gasteiger partial charge in [0.2, 0.25) is 5.75 Å². The van der Waals surface area contributed by atoms with Gasteiger partial charge in [-0.15, -0.1) is 0 Å². The first-order chi connectivity index (χ1) is 11.3. The van der Waals surface area contributed by atoms with E-state index >= 15 is 0 Å². The Morgan fingerprint density at radius 3 is 2.54 bits per heavy atom. The van der Waals surface area contributed by atoms with Crippen LogP contribution in [-0.2, 0) is 0 Å². The van der Waals surface area contributed by atoms with E-state index in [2.05, 4.69) is 4.98 Å². The summed E-state index contributed by atoms with van der Waals surface area (Å²) in [5, 5.41) is 11.3. The fourth-order valence-electron chi connectivity index (χ4n) is 2.51. The average Bonchev–Trinajstić information content (AvgIpc) is 2.48. The van der Waals surface area contributed by atoms with Crippen LogP contribution in [0.5, 0.6) is 11.5 Å². The van der Waals surface area contributed by atoms with Gasteiger partial charge >= 0.3 is 0 Å². The SMILES string of the molecule is CC(C)N(C(=O)c1cc(F)ccc1Oc1cnc[n+]([O-])c1)C(C)C. The van der Waals surface area contributed by atoms with E-state index in [1.54, 1.807) is 4.90 Å². The number of carbonyl (C=O) groups is 1. The molecule has 128 valence electrons. The molecule has 24 heavy (non-hydrogen) atoms. The molecule has 0 bridgehead atoms. The lowest BCUT2D eigenvalue weighted by atomic mass is 10.1. The Hall–Kier alpha value is -2.70. The van der Waals surface area contributed by atoms with Crippen LogP contribution in [0, 0.1) is 11.0 Å². The number of ether oxygens (including phenoxy) is 1. The lowest BCUT2D eigenvalue weighted by Crippen LogP contribution is -2.42. The molecule has 0 saturated carbocycles. The number of rotatable bonds is 5. The summed E-state index contributed by atoms with van der Waals surface area (Å²) in [6.45, 7) is 7.55. The van der Waals surface area contributed by atoms with Crippen LogP contribution < -0.4 is 9.47 Å². The Morgan fingerprint density at radius 2 is 1.96 bits per heavy atom. The number of hydrogen-bond donors (Lipinski definition) is 0. The predicted molar refractivity (Wildman–Crippen MR) is 86.1 cm³/mol. The van der Waals surface area contributed by atoms with E-state index in [9.17, 15) is 14.4 Å². The highest BCUT2D eigenvalue weighted by atomic mass is 19.1. The Kier molecular flexibility index (Phi) is 5.33. The molecular formula is C17H20FN3O3. The molecule has 0 atom stereocenters. The third-order valence-electron chi connectivity index (χ3n) is 3.38. The molecule has 0 aliphatic carbocycles. The maximum absolute atomic E-state index is 13.7. The van der Waals surface area contributed by atoms with Gasteiger partial charge in [0, 0.05) is 12.1 Å². The molecule has 7 heteroatoms. The minimum Gasteiger partial charge on any atom is -0.711 e. The van der Waals surface area contributed by atoms with Gasteiger partial charge in [0.25, 0.3) is 12.2 Å². The first-order valence-corrected chi connectivity index (χ1v) is 7.63. The van der Waals surface area contributed by atoms with Crippen LogP contribution in [0.2, 0.25) is 0 Å². The van der Waals surface area contributed by atoms with Gasteiger partial charge in [0.15, 0.2) is 6.20 Å². The molecule has 0 unspecified atom stereocenters. The van der Waals surface area contributed by atoms with Gasteiger partial charge in [0.05, 0.1) is 5.56 Å². The topological polar surface area (TPSA) is 69.4 Å². The summed E-state index contributed by atoms with van der Waals surface area (Å²) in [5.41, 5.74) is 0.0960. The third kappa shape index (κ3) is 3.98. The van der Waals surface area contributed by atoms with E-state index in [0.717, 1.165) is 12.4 Å². The van der Waals surface area contributed by atoms with Crippen molar-refractivity contribution in [2.45, 2.75) is 39.8 Å². The van der Waals surface area contributed by atoms with Gasteiger partial charge < -0.3 is 14.8 Å². The van der Waals surface area contributed by atoms with Crippen molar-refractivity contribution in [1.82, 2.24) is 9.88 Å². The molecule has 6 nitrogen and oxygen atoms in total. The highest BCUT2D eigenvalue weighted by Crippen LogP contribution is 2.27. The highest BCUT2D eigenvalue weighted by Gasteiger charge is 2.25. The van der Waals surface area contributed by atoms with Crippen LogP contribution in [-0.4, -0.2) is 27.9 Å². The normalized spacial score (nSPS) is 11.0. The van der Waals surface area contributed by atoms with Crippen LogP contribution >= 0.6 is 0 Å². The maximum atomic E-state index is 13.7. The van der Waals surface area contributed by atoms with Crippen LogP contribution in [0.1, 0.15) is 38.1 Å². The van der Waals surface area contributed by atoms with E-state index in [4.69, 9.17) is 4.74 Å². The molecule has 0 fully saturated rings. The number of carbonyl (C=O) groups excluding carboxylic acids is 1. The Morgan fingerprint density at radius 1 is 1.29 bits per heavy atom. The summed E-state index contributed by atoms with van der Waals surface area (Å²) in [4.78, 5) is 18.2. The summed E-state index contributed by atoms with van der Waals surface area (Å²) in [7, 11) is 0. The van der Waals surface area contributed by atoms with Gasteiger partial charge in [-0.05, 0) is 45.9 Å². The van der Waals surface area contributed by atoms with E-state index in [1.807, 2.05) is 27.7 Å². The van der Waals surface area contributed by atoms with Crippen molar-refractivity contribution in [1.29, 1.82) is 0 Å². The molecule has 1 heterocycles. The fourth-order valence-corrected chi connectivity index (χ4v) is 2.51. The summed E-state index contributed by atoms with van der Waals surface area (Å²) in [5.74, 6) is -0.550. The largest absolute Gasteiger partial charge is 0.711 e. The zero-order chi connectivity index (χ0) is 17.9. The van der Waals surface area contributed by atoms with Crippen LogP contribution in [0.3, 0.4) is 0 Å². The maximum Gasteiger partial charge on any atom is 0.289 e. The predicted octanol–water partition coefficient (Wildman–Crippen LogP) is 2.91. The second-order valence-electron chi connectivity index (χ2n) is 5.93. The van der Waals surface area contributed by atoms with Crippen molar-refractivity contribution in [3.05, 3.63) is 53.5 Å². The van der Waals surface area contributed by atoms with Crippen molar-refractivity contribution in [3.63, 3.8) is 0 Å². The lowest BCUT2D eigenvalue weighted by molar-refractivity contribution is -0.609. The van der Waals surface area contributed by atoms with Crippen LogP contribution in [0.25, 0.3) is 0 Å². The van der Waals surface area contributed by atoms with Gasteiger partial charge in [-0.1, -0.05) is 4.98 Å². The van der Waals surface area contributed by atoms with Crippen molar-refractivity contribution < 1.29 is 18.7 Å². The van der Waals surface area contributed by atoms with E-state index in [-0.39, 0.29) is 35.1 Å². The van der Waals surface area contributed by atoms with Crippen molar-refractivity contribution >= 4 is 5.91 Å². The number of amides is 1. The van der Waals surface area contributed by atoms with Gasteiger partial charge in [-0.3, -0.25) is 4.79 Å². The number of halogens is 1. The Labute approximate surface area is 140 Å². The molecule has 2 aromatic rings. The number of nitrogens with zero attached hydrogens (tertiary/aromatic N) is 3. The van der Waals surface area contributed by atoms with E-state index in [1.165, 1.54) is 24.5 Å². The number of aromatic nitrogens is 2. The number of benzene rings is 1. The molecule has 0 saturated heterocycles. The molecule has 1 aromatic carbocycles. The second-order valence-corrected chi connectivity index (χ2v) is 5.93. The van der Waals surface area contributed by atoms with Gasteiger partial charge in [-0.2, -0.15) is 0 Å². The summed E-state index contributed by atoms with van der Waals surface area (Å²) >= 11 is 0. The molecule has 1 aromatic heterocycles. The zero-order valence-corrected chi connectivity index (χ0v) is 14.1. The fraction of sp³-hybridized carbons (Fsp3) is 0.353. The third-order valence-corrected chi connectivity index (χ3v) is 3.38. The molecule has 1 amide bonds. The lowest BCUT2D eigenvalue weighted by Gasteiger charge is -2.31. The molecule has 0 aliphatic rings. The van der Waals surface area contributed by atoms with Crippen LogP contribution in [0.4, 0.5) is 4.39 Å². The summed E-state index contributed by atoms with van der Waals surface area (Å²) in [6, 6.07) is 3.58. The van der Waals surface area contributed by atoms with Crippen molar-refractivity contribution in [2.75, 3.05) is 0 Å². The average molecular weight is 333 g/mol. The molecule has 0 spiro atoms. The first-order valence-electron chi connectivity index (χ1n) is 7.63. The van der Waals surface area contributed by atoms with Crippen molar-refractivity contribution in [3.8, 4) is 11.5 Å². The van der Waals surface area contributed by atoms with Gasteiger partial charge in [0.1, 0.15) is 17.8 Å². The summed E-state index contributed by atoms with van der Waals surface area (Å²) < 4.78 is 19.7. The Balaban J connectivity index is 2.42. The zero-order valence-electron chi connectivity index (χ0n) is 14.1. The van der Waals surface area contributed by atoms with E-state index < -0.39 is 5.82 Å². The van der Waals surface area contributed by atoms with Crippen molar-refractivity contribution in [2.24, 2.45) is 0 Å². The smallest absolute Gasteiger partial charge is 0.289 e. The molecule has 2 rings (SSSR count). The second kappa shape index (κ2) is 7.25. The Bertz CT molecular complexity index is 727. The molecule has 0 N–H and O–H groups in total. The molecular weight excluding hydrogens is 313 g/mol. The minimum atomic E-state index is -0.539. The quantitative estimate of drug-likeness (QED) is 0.623.